The predicted molar refractivity (Wildman–Crippen MR) is 177 cm³/mol. The van der Waals surface area contributed by atoms with Crippen LogP contribution in [-0.2, 0) is 5.41 Å². The quantitative estimate of drug-likeness (QED) is 0.200. The third-order valence-corrected chi connectivity index (χ3v) is 9.47. The zero-order valence-corrected chi connectivity index (χ0v) is 23.6. The number of fused-ring (bicyclic) bond motifs is 8. The minimum atomic E-state index is -0.00560. The molecule has 42 heavy (non-hydrogen) atoms. The fraction of sp³-hybridized carbons (Fsp3) is 0.0732. The van der Waals surface area contributed by atoms with Gasteiger partial charge in [-0.1, -0.05) is 123 Å². The first-order valence-electron chi connectivity index (χ1n) is 14.7. The molecule has 8 aromatic rings. The second-order valence-electron chi connectivity index (χ2n) is 12.1. The van der Waals surface area contributed by atoms with Gasteiger partial charge in [0.1, 0.15) is 11.2 Å². The molecule has 0 aliphatic heterocycles. The van der Waals surface area contributed by atoms with E-state index in [2.05, 4.69) is 135 Å². The number of hydrogen-bond donors (Lipinski definition) is 0. The summed E-state index contributed by atoms with van der Waals surface area (Å²) in [5.41, 5.74) is 12.4. The van der Waals surface area contributed by atoms with Gasteiger partial charge < -0.3 is 4.42 Å². The smallest absolute Gasteiger partial charge is 0.135 e. The minimum Gasteiger partial charge on any atom is -0.456 e. The lowest BCUT2D eigenvalue weighted by Crippen LogP contribution is -2.14. The van der Waals surface area contributed by atoms with E-state index in [1.165, 1.54) is 66.1 Å². The molecule has 1 aliphatic rings. The molecule has 0 atom stereocenters. The van der Waals surface area contributed by atoms with E-state index >= 15 is 0 Å². The van der Waals surface area contributed by atoms with Crippen LogP contribution in [0.3, 0.4) is 0 Å². The molecule has 0 amide bonds. The summed E-state index contributed by atoms with van der Waals surface area (Å²) in [5, 5.41) is 7.38. The first-order chi connectivity index (χ1) is 20.6. The molecule has 1 aromatic heterocycles. The number of rotatable bonds is 2. The van der Waals surface area contributed by atoms with Gasteiger partial charge in [-0.05, 0) is 90.3 Å². The first kappa shape index (κ1) is 23.6. The highest BCUT2D eigenvalue weighted by Crippen LogP contribution is 2.51. The average molecular weight is 537 g/mol. The van der Waals surface area contributed by atoms with Crippen LogP contribution in [0, 0.1) is 0 Å². The maximum atomic E-state index is 6.17. The van der Waals surface area contributed by atoms with Gasteiger partial charge >= 0.3 is 0 Å². The topological polar surface area (TPSA) is 13.1 Å². The third-order valence-electron chi connectivity index (χ3n) is 9.47. The maximum absolute atomic E-state index is 6.17. The molecule has 0 N–H and O–H groups in total. The van der Waals surface area contributed by atoms with Crippen molar-refractivity contribution in [2.24, 2.45) is 0 Å². The average Bonchev–Trinajstić information content (AvgIpc) is 3.51. The zero-order chi connectivity index (χ0) is 28.0. The molecule has 9 rings (SSSR count). The van der Waals surface area contributed by atoms with Gasteiger partial charge in [0.2, 0.25) is 0 Å². The largest absolute Gasteiger partial charge is 0.456 e. The number of para-hydroxylation sites is 1. The van der Waals surface area contributed by atoms with Crippen LogP contribution in [0.5, 0.6) is 0 Å². The van der Waals surface area contributed by atoms with Gasteiger partial charge in [-0.15, -0.1) is 0 Å². The molecule has 0 fully saturated rings. The van der Waals surface area contributed by atoms with Gasteiger partial charge in [0, 0.05) is 16.2 Å². The third kappa shape index (κ3) is 3.14. The molecule has 198 valence electrons. The highest BCUT2D eigenvalue weighted by molar-refractivity contribution is 6.22. The summed E-state index contributed by atoms with van der Waals surface area (Å²) < 4.78 is 6.17. The fourth-order valence-electron chi connectivity index (χ4n) is 7.51. The van der Waals surface area contributed by atoms with E-state index in [0.717, 1.165) is 21.9 Å². The van der Waals surface area contributed by atoms with Crippen molar-refractivity contribution >= 4 is 43.5 Å². The van der Waals surface area contributed by atoms with Gasteiger partial charge in [0.25, 0.3) is 0 Å². The predicted octanol–water partition coefficient (Wildman–Crippen LogP) is 11.5. The van der Waals surface area contributed by atoms with Gasteiger partial charge in [0.15, 0.2) is 0 Å². The molecule has 1 heterocycles. The number of furan rings is 1. The van der Waals surface area contributed by atoms with Crippen molar-refractivity contribution in [3.63, 3.8) is 0 Å². The Kier molecular flexibility index (Phi) is 4.73. The van der Waals surface area contributed by atoms with E-state index in [0.29, 0.717) is 0 Å². The Balaban J connectivity index is 1.35. The summed E-state index contributed by atoms with van der Waals surface area (Å²) in [6.07, 6.45) is 0. The van der Waals surface area contributed by atoms with Gasteiger partial charge in [0.05, 0.1) is 0 Å². The fourth-order valence-corrected chi connectivity index (χ4v) is 7.51. The number of benzene rings is 7. The Morgan fingerprint density at radius 3 is 1.60 bits per heavy atom. The Morgan fingerprint density at radius 1 is 0.405 bits per heavy atom. The molecule has 0 unspecified atom stereocenters. The lowest BCUT2D eigenvalue weighted by atomic mass is 9.81. The Morgan fingerprint density at radius 2 is 0.905 bits per heavy atom. The van der Waals surface area contributed by atoms with Crippen molar-refractivity contribution in [1.29, 1.82) is 0 Å². The van der Waals surface area contributed by atoms with Crippen molar-refractivity contribution in [3.05, 3.63) is 145 Å². The van der Waals surface area contributed by atoms with E-state index in [1.807, 2.05) is 12.1 Å². The summed E-state index contributed by atoms with van der Waals surface area (Å²) >= 11 is 0. The van der Waals surface area contributed by atoms with E-state index < -0.39 is 0 Å². The molecule has 0 saturated heterocycles. The van der Waals surface area contributed by atoms with Gasteiger partial charge in [-0.25, -0.2) is 0 Å². The van der Waals surface area contributed by atoms with Crippen LogP contribution in [0.1, 0.15) is 25.0 Å². The normalized spacial score (nSPS) is 13.7. The van der Waals surface area contributed by atoms with Gasteiger partial charge in [-0.2, -0.15) is 0 Å². The molecule has 0 saturated carbocycles. The highest BCUT2D eigenvalue weighted by atomic mass is 16.3. The molecule has 1 nitrogen and oxygen atoms in total. The zero-order valence-electron chi connectivity index (χ0n) is 23.6. The second-order valence-corrected chi connectivity index (χ2v) is 12.1. The van der Waals surface area contributed by atoms with Crippen LogP contribution in [0.4, 0.5) is 0 Å². The van der Waals surface area contributed by atoms with Crippen LogP contribution in [0.15, 0.2) is 138 Å². The molecule has 7 aromatic carbocycles. The van der Waals surface area contributed by atoms with Crippen molar-refractivity contribution in [2.75, 3.05) is 0 Å². The summed E-state index contributed by atoms with van der Waals surface area (Å²) in [7, 11) is 0. The Bertz CT molecular complexity index is 2330. The second kappa shape index (κ2) is 8.44. The van der Waals surface area contributed by atoms with Crippen LogP contribution >= 0.6 is 0 Å². The summed E-state index contributed by atoms with van der Waals surface area (Å²) in [5.74, 6) is 0. The Labute approximate surface area is 244 Å². The Hall–Kier alpha value is -5.14. The summed E-state index contributed by atoms with van der Waals surface area (Å²) in [6.45, 7) is 4.69. The monoisotopic (exact) mass is 536 g/mol. The lowest BCUT2D eigenvalue weighted by molar-refractivity contribution is 0.660. The lowest BCUT2D eigenvalue weighted by Gasteiger charge is -2.22. The molecule has 1 heteroatoms. The van der Waals surface area contributed by atoms with Crippen molar-refractivity contribution < 1.29 is 4.42 Å². The molecule has 0 radical (unpaired) electrons. The molecule has 0 bridgehead atoms. The van der Waals surface area contributed by atoms with E-state index in [4.69, 9.17) is 4.42 Å². The van der Waals surface area contributed by atoms with Crippen LogP contribution < -0.4 is 0 Å². The SMILES string of the molecule is CC1(C)c2ccccc2-c2cc(-c3c4ccccc4c(-c4ccc5oc6ccccc6c5c4)c4ccccc34)ccc21. The molecular formula is C41H28O. The molecule has 0 spiro atoms. The van der Waals surface area contributed by atoms with Crippen molar-refractivity contribution in [2.45, 2.75) is 19.3 Å². The maximum Gasteiger partial charge on any atom is 0.135 e. The van der Waals surface area contributed by atoms with Crippen molar-refractivity contribution in [3.8, 4) is 33.4 Å². The standard InChI is InChI=1S/C41H28O/c1-41(2)35-17-9-7-11-27(35)33-23-25(19-21-36(33)41)39-29-13-3-5-15-31(29)40(32-16-6-4-14-30(32)39)26-20-22-38-34(24-26)28-12-8-10-18-37(28)42-38/h3-24H,1-2H3. The van der Waals surface area contributed by atoms with Crippen LogP contribution in [-0.4, -0.2) is 0 Å². The molecular weight excluding hydrogens is 508 g/mol. The van der Waals surface area contributed by atoms with E-state index in [1.54, 1.807) is 0 Å². The number of hydrogen-bond acceptors (Lipinski definition) is 1. The first-order valence-corrected chi connectivity index (χ1v) is 14.7. The minimum absolute atomic E-state index is 0.00560. The summed E-state index contributed by atoms with van der Waals surface area (Å²) in [6, 6.07) is 48.8. The van der Waals surface area contributed by atoms with Crippen LogP contribution in [0.25, 0.3) is 76.9 Å². The van der Waals surface area contributed by atoms with Gasteiger partial charge in [-0.3, -0.25) is 0 Å². The van der Waals surface area contributed by atoms with E-state index in [-0.39, 0.29) is 5.41 Å². The summed E-state index contributed by atoms with van der Waals surface area (Å²) in [4.78, 5) is 0. The van der Waals surface area contributed by atoms with E-state index in [9.17, 15) is 0 Å². The van der Waals surface area contributed by atoms with Crippen molar-refractivity contribution in [1.82, 2.24) is 0 Å². The highest BCUT2D eigenvalue weighted by Gasteiger charge is 2.35. The molecule has 1 aliphatic carbocycles. The van der Waals surface area contributed by atoms with Crippen LogP contribution in [0.2, 0.25) is 0 Å².